The molecule has 2 rings (SSSR count). The van der Waals surface area contributed by atoms with Gasteiger partial charge in [-0.25, -0.2) is 13.1 Å². The summed E-state index contributed by atoms with van der Waals surface area (Å²) in [5.41, 5.74) is 6.97. The first kappa shape index (κ1) is 15.3. The number of methoxy groups -OCH3 is 1. The summed E-state index contributed by atoms with van der Waals surface area (Å²) in [5.74, 6) is 0.448. The highest BCUT2D eigenvalue weighted by Gasteiger charge is 2.15. The van der Waals surface area contributed by atoms with E-state index in [9.17, 15) is 8.42 Å². The molecule has 0 saturated carbocycles. The van der Waals surface area contributed by atoms with Crippen LogP contribution in [0.1, 0.15) is 5.56 Å². The van der Waals surface area contributed by atoms with E-state index in [0.29, 0.717) is 18.7 Å². The Kier molecular flexibility index (Phi) is 4.77. The third-order valence-corrected chi connectivity index (χ3v) is 4.40. The molecule has 112 valence electrons. The van der Waals surface area contributed by atoms with Crippen molar-refractivity contribution in [3.63, 3.8) is 0 Å². The lowest BCUT2D eigenvalue weighted by Gasteiger charge is -2.09. The molecule has 0 atom stereocenters. The summed E-state index contributed by atoms with van der Waals surface area (Å²) in [4.78, 5) is 4.10. The highest BCUT2D eigenvalue weighted by Crippen LogP contribution is 2.24. The smallest absolute Gasteiger partial charge is 0.240 e. The number of aromatic nitrogens is 1. The predicted octanol–water partition coefficient (Wildman–Crippen LogP) is 1.19. The Morgan fingerprint density at radius 1 is 1.33 bits per heavy atom. The molecule has 0 bridgehead atoms. The second-order valence-corrected chi connectivity index (χ2v) is 6.18. The van der Waals surface area contributed by atoms with Crippen LogP contribution in [-0.2, 0) is 16.4 Å². The Morgan fingerprint density at radius 3 is 2.76 bits per heavy atom. The van der Waals surface area contributed by atoms with Crippen LogP contribution in [0.25, 0.3) is 0 Å². The number of rotatable bonds is 6. The molecule has 2 aromatic rings. The minimum Gasteiger partial charge on any atom is -0.495 e. The van der Waals surface area contributed by atoms with Gasteiger partial charge in [-0.2, -0.15) is 0 Å². The largest absolute Gasteiger partial charge is 0.495 e. The molecule has 0 aliphatic heterocycles. The van der Waals surface area contributed by atoms with Gasteiger partial charge in [-0.05, 0) is 36.2 Å². The van der Waals surface area contributed by atoms with Gasteiger partial charge in [0.1, 0.15) is 5.75 Å². The second-order valence-electron chi connectivity index (χ2n) is 4.41. The summed E-state index contributed by atoms with van der Waals surface area (Å²) in [7, 11) is -2.11. The minimum absolute atomic E-state index is 0.118. The molecule has 0 radical (unpaired) electrons. The van der Waals surface area contributed by atoms with Gasteiger partial charge in [0, 0.05) is 18.9 Å². The van der Waals surface area contributed by atoms with E-state index in [1.165, 1.54) is 25.3 Å². The Hall–Kier alpha value is -2.12. The van der Waals surface area contributed by atoms with E-state index < -0.39 is 10.0 Å². The van der Waals surface area contributed by atoms with Crippen molar-refractivity contribution in [3.8, 4) is 5.75 Å². The standard InChI is InChI=1S/C14H17N3O3S/c1-20-14-5-4-12(9-13(14)15)21(18,19)17-8-6-11-3-2-7-16-10-11/h2-5,7,9-10,17H,6,8,15H2,1H3. The molecule has 21 heavy (non-hydrogen) atoms. The number of nitrogens with two attached hydrogens (primary N) is 1. The van der Waals surface area contributed by atoms with Crippen LogP contribution < -0.4 is 15.2 Å². The van der Waals surface area contributed by atoms with Crippen LogP contribution in [0.2, 0.25) is 0 Å². The van der Waals surface area contributed by atoms with Gasteiger partial charge in [-0.15, -0.1) is 0 Å². The van der Waals surface area contributed by atoms with Gasteiger partial charge in [0.2, 0.25) is 10.0 Å². The number of nitrogens with one attached hydrogen (secondary N) is 1. The molecular weight excluding hydrogens is 290 g/mol. The molecule has 0 unspecified atom stereocenters. The highest BCUT2D eigenvalue weighted by molar-refractivity contribution is 7.89. The molecule has 7 heteroatoms. The zero-order valence-corrected chi connectivity index (χ0v) is 12.4. The number of hydrogen-bond donors (Lipinski definition) is 2. The fourth-order valence-corrected chi connectivity index (χ4v) is 2.91. The Labute approximate surface area is 124 Å². The summed E-state index contributed by atoms with van der Waals surface area (Å²) >= 11 is 0. The average molecular weight is 307 g/mol. The van der Waals surface area contributed by atoms with Crippen LogP contribution >= 0.6 is 0 Å². The van der Waals surface area contributed by atoms with E-state index in [2.05, 4.69) is 9.71 Å². The van der Waals surface area contributed by atoms with Crippen molar-refractivity contribution in [2.45, 2.75) is 11.3 Å². The number of anilines is 1. The predicted molar refractivity (Wildman–Crippen MR) is 80.5 cm³/mol. The van der Waals surface area contributed by atoms with Gasteiger partial charge >= 0.3 is 0 Å². The molecule has 1 aromatic heterocycles. The molecule has 0 saturated heterocycles. The Balaban J connectivity index is 2.03. The Morgan fingerprint density at radius 2 is 2.14 bits per heavy atom. The van der Waals surface area contributed by atoms with E-state index in [-0.39, 0.29) is 10.6 Å². The van der Waals surface area contributed by atoms with Crippen molar-refractivity contribution in [3.05, 3.63) is 48.3 Å². The number of ether oxygens (including phenoxy) is 1. The first-order valence-corrected chi connectivity index (χ1v) is 7.83. The molecule has 1 heterocycles. The van der Waals surface area contributed by atoms with Gasteiger partial charge in [0.25, 0.3) is 0 Å². The van der Waals surface area contributed by atoms with Crippen molar-refractivity contribution < 1.29 is 13.2 Å². The van der Waals surface area contributed by atoms with Crippen LogP contribution in [-0.4, -0.2) is 27.1 Å². The summed E-state index contributed by atoms with van der Waals surface area (Å²) in [6.45, 7) is 0.292. The maximum Gasteiger partial charge on any atom is 0.240 e. The molecular formula is C14H17N3O3S. The fourth-order valence-electron chi connectivity index (χ4n) is 1.84. The van der Waals surface area contributed by atoms with Crippen molar-refractivity contribution in [1.29, 1.82) is 0 Å². The van der Waals surface area contributed by atoms with Crippen molar-refractivity contribution in [2.24, 2.45) is 0 Å². The summed E-state index contributed by atoms with van der Waals surface area (Å²) < 4.78 is 31.8. The molecule has 0 fully saturated rings. The zero-order valence-electron chi connectivity index (χ0n) is 11.6. The second kappa shape index (κ2) is 6.55. The summed E-state index contributed by atoms with van der Waals surface area (Å²) in [5, 5.41) is 0. The monoisotopic (exact) mass is 307 g/mol. The lowest BCUT2D eigenvalue weighted by molar-refractivity contribution is 0.416. The number of nitrogen functional groups attached to an aromatic ring is 1. The van der Waals surface area contributed by atoms with Crippen LogP contribution in [0.3, 0.4) is 0 Å². The van der Waals surface area contributed by atoms with Crippen molar-refractivity contribution in [2.75, 3.05) is 19.4 Å². The number of hydrogen-bond acceptors (Lipinski definition) is 5. The molecule has 6 nitrogen and oxygen atoms in total. The van der Waals surface area contributed by atoms with E-state index in [0.717, 1.165) is 5.56 Å². The minimum atomic E-state index is -3.58. The molecule has 3 N–H and O–H groups in total. The van der Waals surface area contributed by atoms with Crippen molar-refractivity contribution >= 4 is 15.7 Å². The third-order valence-electron chi connectivity index (χ3n) is 2.94. The maximum absolute atomic E-state index is 12.2. The molecule has 0 amide bonds. The molecule has 0 spiro atoms. The lowest BCUT2D eigenvalue weighted by Crippen LogP contribution is -2.26. The average Bonchev–Trinajstić information content (AvgIpc) is 2.48. The van der Waals surface area contributed by atoms with E-state index >= 15 is 0 Å². The first-order valence-electron chi connectivity index (χ1n) is 6.35. The van der Waals surface area contributed by atoms with Crippen LogP contribution in [0, 0.1) is 0 Å². The van der Waals surface area contributed by atoms with Crippen molar-refractivity contribution in [1.82, 2.24) is 9.71 Å². The zero-order chi connectivity index (χ0) is 15.3. The quantitative estimate of drug-likeness (QED) is 0.782. The first-order chi connectivity index (χ1) is 10.0. The van der Waals surface area contributed by atoms with Gasteiger partial charge in [0.05, 0.1) is 17.7 Å². The van der Waals surface area contributed by atoms with E-state index in [1.807, 2.05) is 12.1 Å². The van der Waals surface area contributed by atoms with Crippen LogP contribution in [0.15, 0.2) is 47.6 Å². The van der Waals surface area contributed by atoms with E-state index in [1.54, 1.807) is 12.4 Å². The topological polar surface area (TPSA) is 94.3 Å². The number of pyridine rings is 1. The fraction of sp³-hybridized carbons (Fsp3) is 0.214. The molecule has 0 aliphatic rings. The third kappa shape index (κ3) is 3.93. The molecule has 1 aromatic carbocycles. The number of sulfonamides is 1. The highest BCUT2D eigenvalue weighted by atomic mass is 32.2. The number of benzene rings is 1. The number of nitrogens with zero attached hydrogens (tertiary/aromatic N) is 1. The maximum atomic E-state index is 12.2. The summed E-state index contributed by atoms with van der Waals surface area (Å²) in [6.07, 6.45) is 3.95. The molecule has 0 aliphatic carbocycles. The van der Waals surface area contributed by atoms with Gasteiger partial charge in [-0.1, -0.05) is 6.07 Å². The Bertz CT molecular complexity index is 703. The summed E-state index contributed by atoms with van der Waals surface area (Å²) in [6, 6.07) is 8.08. The van der Waals surface area contributed by atoms with Gasteiger partial charge < -0.3 is 10.5 Å². The van der Waals surface area contributed by atoms with Gasteiger partial charge in [-0.3, -0.25) is 4.98 Å². The van der Waals surface area contributed by atoms with Crippen LogP contribution in [0.5, 0.6) is 5.75 Å². The normalized spacial score (nSPS) is 11.3. The SMILES string of the molecule is COc1ccc(S(=O)(=O)NCCc2cccnc2)cc1N. The van der Waals surface area contributed by atoms with Crippen LogP contribution in [0.4, 0.5) is 5.69 Å². The lowest BCUT2D eigenvalue weighted by atomic mass is 10.2. The van der Waals surface area contributed by atoms with Gasteiger partial charge in [0.15, 0.2) is 0 Å². The van der Waals surface area contributed by atoms with E-state index in [4.69, 9.17) is 10.5 Å².